The smallest absolute Gasteiger partial charge is 0.234 e. The van der Waals surface area contributed by atoms with Crippen molar-refractivity contribution in [3.63, 3.8) is 0 Å². The van der Waals surface area contributed by atoms with Crippen molar-refractivity contribution in [3.8, 4) is 0 Å². The molecule has 1 aliphatic carbocycles. The van der Waals surface area contributed by atoms with E-state index in [4.69, 9.17) is 23.2 Å². The molecular weight excluding hydrogens is 307 g/mol. The topological polar surface area (TPSA) is 32.3 Å². The molecule has 116 valence electrons. The fourth-order valence-electron chi connectivity index (χ4n) is 2.45. The van der Waals surface area contributed by atoms with Gasteiger partial charge in [-0.15, -0.1) is 0 Å². The third-order valence-electron chi connectivity index (χ3n) is 3.82. The fraction of sp³-hybridized carbons (Fsp3) is 0.562. The van der Waals surface area contributed by atoms with Gasteiger partial charge in [0.15, 0.2) is 0 Å². The molecule has 1 atom stereocenters. The molecule has 21 heavy (non-hydrogen) atoms. The molecule has 1 amide bonds. The molecule has 0 radical (unpaired) electrons. The molecule has 0 aliphatic heterocycles. The Kier molecular flexibility index (Phi) is 5.91. The van der Waals surface area contributed by atoms with Crippen molar-refractivity contribution >= 4 is 29.1 Å². The van der Waals surface area contributed by atoms with E-state index in [0.717, 1.165) is 18.4 Å². The van der Waals surface area contributed by atoms with E-state index >= 15 is 0 Å². The van der Waals surface area contributed by atoms with Crippen LogP contribution in [-0.2, 0) is 4.79 Å². The maximum absolute atomic E-state index is 12.2. The Morgan fingerprint density at radius 2 is 2.10 bits per heavy atom. The fourth-order valence-corrected chi connectivity index (χ4v) is 2.76. The first-order valence-corrected chi connectivity index (χ1v) is 8.21. The number of hydrogen-bond acceptors (Lipinski definition) is 2. The second-order valence-electron chi connectivity index (χ2n) is 5.73. The highest BCUT2D eigenvalue weighted by Crippen LogP contribution is 2.28. The first-order valence-electron chi connectivity index (χ1n) is 7.45. The Morgan fingerprint density at radius 1 is 1.38 bits per heavy atom. The van der Waals surface area contributed by atoms with Crippen molar-refractivity contribution in [1.29, 1.82) is 0 Å². The van der Waals surface area contributed by atoms with Gasteiger partial charge in [0.05, 0.1) is 22.6 Å². The second-order valence-corrected chi connectivity index (χ2v) is 6.54. The van der Waals surface area contributed by atoms with Gasteiger partial charge in [-0.05, 0) is 44.0 Å². The molecule has 1 fully saturated rings. The van der Waals surface area contributed by atoms with Gasteiger partial charge in [0.25, 0.3) is 0 Å². The second kappa shape index (κ2) is 7.48. The van der Waals surface area contributed by atoms with Gasteiger partial charge in [0.1, 0.15) is 0 Å². The lowest BCUT2D eigenvalue weighted by Gasteiger charge is -2.21. The van der Waals surface area contributed by atoms with Gasteiger partial charge >= 0.3 is 0 Å². The summed E-state index contributed by atoms with van der Waals surface area (Å²) in [6.07, 6.45) is 4.28. The van der Waals surface area contributed by atoms with E-state index in [1.807, 2.05) is 19.2 Å². The quantitative estimate of drug-likeness (QED) is 0.819. The average molecular weight is 329 g/mol. The first-order chi connectivity index (χ1) is 10.0. The van der Waals surface area contributed by atoms with E-state index in [9.17, 15) is 4.79 Å². The number of likely N-dealkylation sites (N-methyl/N-ethyl adjacent to an activating group) is 1. The predicted octanol–water partition coefficient (Wildman–Crippen LogP) is 4.05. The molecule has 1 unspecified atom stereocenters. The van der Waals surface area contributed by atoms with Crippen molar-refractivity contribution in [3.05, 3.63) is 33.8 Å². The molecule has 0 aromatic heterocycles. The number of carbonyl (C=O) groups excluding carboxylic acids is 1. The SMILES string of the molecule is CCCC(NC(=O)CN(C)C1CC1)c1ccc(Cl)c(Cl)c1. The Labute approximate surface area is 136 Å². The number of nitrogens with zero attached hydrogens (tertiary/aromatic N) is 1. The zero-order chi connectivity index (χ0) is 15.4. The number of halogens is 2. The number of nitrogens with one attached hydrogen (secondary N) is 1. The number of rotatable bonds is 7. The van der Waals surface area contributed by atoms with Crippen LogP contribution in [0.25, 0.3) is 0 Å². The normalized spacial score (nSPS) is 16.0. The van der Waals surface area contributed by atoms with E-state index in [0.29, 0.717) is 22.6 Å². The Balaban J connectivity index is 2.00. The summed E-state index contributed by atoms with van der Waals surface area (Å²) in [6, 6.07) is 6.13. The molecule has 1 saturated carbocycles. The van der Waals surface area contributed by atoms with E-state index in [-0.39, 0.29) is 11.9 Å². The third-order valence-corrected chi connectivity index (χ3v) is 4.56. The zero-order valence-electron chi connectivity index (χ0n) is 12.5. The summed E-state index contributed by atoms with van der Waals surface area (Å²) in [5, 5.41) is 4.18. The van der Waals surface area contributed by atoms with Crippen LogP contribution in [0.2, 0.25) is 10.0 Å². The van der Waals surface area contributed by atoms with Crippen LogP contribution >= 0.6 is 23.2 Å². The Bertz CT molecular complexity index is 503. The molecule has 2 rings (SSSR count). The van der Waals surface area contributed by atoms with Crippen molar-refractivity contribution < 1.29 is 4.79 Å². The number of benzene rings is 1. The van der Waals surface area contributed by atoms with Gasteiger partial charge in [-0.2, -0.15) is 0 Å². The van der Waals surface area contributed by atoms with Crippen LogP contribution < -0.4 is 5.32 Å². The van der Waals surface area contributed by atoms with Crippen molar-refractivity contribution in [1.82, 2.24) is 10.2 Å². The molecule has 1 N–H and O–H groups in total. The van der Waals surface area contributed by atoms with Crippen LogP contribution in [0.5, 0.6) is 0 Å². The molecule has 0 heterocycles. The van der Waals surface area contributed by atoms with E-state index < -0.39 is 0 Å². The monoisotopic (exact) mass is 328 g/mol. The molecule has 3 nitrogen and oxygen atoms in total. The molecular formula is C16H22Cl2N2O. The molecule has 0 spiro atoms. The minimum Gasteiger partial charge on any atom is -0.348 e. The van der Waals surface area contributed by atoms with E-state index in [1.165, 1.54) is 12.8 Å². The van der Waals surface area contributed by atoms with Crippen LogP contribution in [0.1, 0.15) is 44.2 Å². The lowest BCUT2D eigenvalue weighted by molar-refractivity contribution is -0.122. The van der Waals surface area contributed by atoms with E-state index in [2.05, 4.69) is 17.1 Å². The number of carbonyl (C=O) groups is 1. The van der Waals surface area contributed by atoms with Gasteiger partial charge in [0.2, 0.25) is 5.91 Å². The van der Waals surface area contributed by atoms with Crippen molar-refractivity contribution in [2.75, 3.05) is 13.6 Å². The molecule has 5 heteroatoms. The van der Waals surface area contributed by atoms with Crippen LogP contribution in [-0.4, -0.2) is 30.4 Å². The average Bonchev–Trinajstić information content (AvgIpc) is 3.25. The summed E-state index contributed by atoms with van der Waals surface area (Å²) in [7, 11) is 2.01. The molecule has 1 aromatic carbocycles. The third kappa shape index (κ3) is 4.87. The number of hydrogen-bond donors (Lipinski definition) is 1. The summed E-state index contributed by atoms with van der Waals surface area (Å²) in [5.74, 6) is 0.0638. The summed E-state index contributed by atoms with van der Waals surface area (Å²) in [6.45, 7) is 2.55. The van der Waals surface area contributed by atoms with Gasteiger partial charge < -0.3 is 5.32 Å². The summed E-state index contributed by atoms with van der Waals surface area (Å²) in [5.41, 5.74) is 1.01. The summed E-state index contributed by atoms with van der Waals surface area (Å²) in [4.78, 5) is 14.3. The minimum atomic E-state index is -0.00938. The Hall–Kier alpha value is -0.770. The van der Waals surface area contributed by atoms with Gasteiger partial charge in [0, 0.05) is 6.04 Å². The number of amides is 1. The van der Waals surface area contributed by atoms with Gasteiger partial charge in [-0.25, -0.2) is 0 Å². The minimum absolute atomic E-state index is 0.00938. The summed E-state index contributed by atoms with van der Waals surface area (Å²) >= 11 is 12.0. The highest BCUT2D eigenvalue weighted by molar-refractivity contribution is 6.42. The standard InChI is InChI=1S/C16H22Cl2N2O/c1-3-4-15(11-5-8-13(17)14(18)9-11)19-16(21)10-20(2)12-6-7-12/h5,8-9,12,15H,3-4,6-7,10H2,1-2H3,(H,19,21). The van der Waals surface area contributed by atoms with Crippen LogP contribution in [0.4, 0.5) is 0 Å². The predicted molar refractivity (Wildman–Crippen MR) is 87.9 cm³/mol. The summed E-state index contributed by atoms with van der Waals surface area (Å²) < 4.78 is 0. The van der Waals surface area contributed by atoms with Crippen LogP contribution in [0.3, 0.4) is 0 Å². The first kappa shape index (κ1) is 16.6. The van der Waals surface area contributed by atoms with Crippen molar-refractivity contribution in [2.45, 2.75) is 44.7 Å². The molecule has 1 aliphatic rings. The largest absolute Gasteiger partial charge is 0.348 e. The lowest BCUT2D eigenvalue weighted by atomic mass is 10.0. The lowest BCUT2D eigenvalue weighted by Crippen LogP contribution is -2.38. The van der Waals surface area contributed by atoms with Crippen LogP contribution in [0.15, 0.2) is 18.2 Å². The maximum atomic E-state index is 12.2. The zero-order valence-corrected chi connectivity index (χ0v) is 14.0. The van der Waals surface area contributed by atoms with Gasteiger partial charge in [-0.1, -0.05) is 42.6 Å². The maximum Gasteiger partial charge on any atom is 0.234 e. The van der Waals surface area contributed by atoms with Crippen molar-refractivity contribution in [2.24, 2.45) is 0 Å². The van der Waals surface area contributed by atoms with E-state index in [1.54, 1.807) is 6.07 Å². The highest BCUT2D eigenvalue weighted by atomic mass is 35.5. The molecule has 1 aromatic rings. The molecule has 0 saturated heterocycles. The molecule has 0 bridgehead atoms. The highest BCUT2D eigenvalue weighted by Gasteiger charge is 2.27. The van der Waals surface area contributed by atoms with Gasteiger partial charge in [-0.3, -0.25) is 9.69 Å². The Morgan fingerprint density at radius 3 is 2.67 bits per heavy atom. The van der Waals surface area contributed by atoms with Crippen LogP contribution in [0, 0.1) is 0 Å².